The van der Waals surface area contributed by atoms with E-state index in [9.17, 15) is 0 Å². The Morgan fingerprint density at radius 2 is 2.18 bits per heavy atom. The standard InChI is InChI=1S/C13H17N3O/c1-11(15-16-5-7-17-8-6-16)13-4-2-3-12(9-13)10-14/h2-4,9,11,15H,5-8H2,1H3. The van der Waals surface area contributed by atoms with E-state index in [2.05, 4.69) is 23.4 Å². The summed E-state index contributed by atoms with van der Waals surface area (Å²) in [5, 5.41) is 11.0. The molecule has 0 aromatic heterocycles. The zero-order valence-corrected chi connectivity index (χ0v) is 10.0. The number of nitriles is 1. The number of ether oxygens (including phenoxy) is 1. The van der Waals surface area contributed by atoms with Crippen molar-refractivity contribution in [2.24, 2.45) is 0 Å². The zero-order chi connectivity index (χ0) is 12.1. The quantitative estimate of drug-likeness (QED) is 0.855. The van der Waals surface area contributed by atoms with Gasteiger partial charge in [0.15, 0.2) is 0 Å². The molecule has 0 saturated carbocycles. The van der Waals surface area contributed by atoms with Gasteiger partial charge in [-0.05, 0) is 24.6 Å². The molecule has 17 heavy (non-hydrogen) atoms. The topological polar surface area (TPSA) is 48.3 Å². The number of benzene rings is 1. The van der Waals surface area contributed by atoms with Crippen molar-refractivity contribution in [3.63, 3.8) is 0 Å². The highest BCUT2D eigenvalue weighted by atomic mass is 16.5. The molecule has 1 aliphatic rings. The third-order valence-corrected chi connectivity index (χ3v) is 2.90. The highest BCUT2D eigenvalue weighted by Gasteiger charge is 2.13. The number of morpholine rings is 1. The van der Waals surface area contributed by atoms with Crippen LogP contribution in [0, 0.1) is 11.3 Å². The van der Waals surface area contributed by atoms with E-state index in [4.69, 9.17) is 10.00 Å². The number of hydrogen-bond acceptors (Lipinski definition) is 4. The molecule has 0 spiro atoms. The van der Waals surface area contributed by atoms with Crippen LogP contribution in [0.5, 0.6) is 0 Å². The second-order valence-corrected chi connectivity index (χ2v) is 4.19. The Kier molecular flexibility index (Phi) is 4.10. The van der Waals surface area contributed by atoms with Crippen molar-refractivity contribution in [3.8, 4) is 6.07 Å². The van der Waals surface area contributed by atoms with E-state index in [0.29, 0.717) is 5.56 Å². The minimum atomic E-state index is 0.210. The minimum absolute atomic E-state index is 0.210. The molecule has 1 N–H and O–H groups in total. The van der Waals surface area contributed by atoms with Gasteiger partial charge >= 0.3 is 0 Å². The van der Waals surface area contributed by atoms with E-state index in [1.165, 1.54) is 0 Å². The summed E-state index contributed by atoms with van der Waals surface area (Å²) >= 11 is 0. The molecule has 1 fully saturated rings. The molecule has 0 amide bonds. The lowest BCUT2D eigenvalue weighted by Gasteiger charge is -2.30. The first kappa shape index (κ1) is 12.1. The smallest absolute Gasteiger partial charge is 0.0991 e. The van der Waals surface area contributed by atoms with Gasteiger partial charge in [-0.3, -0.25) is 0 Å². The van der Waals surface area contributed by atoms with Crippen molar-refractivity contribution < 1.29 is 4.74 Å². The molecule has 1 aromatic rings. The predicted octanol–water partition coefficient (Wildman–Crippen LogP) is 1.46. The molecule has 1 atom stereocenters. The van der Waals surface area contributed by atoms with Crippen LogP contribution < -0.4 is 5.43 Å². The monoisotopic (exact) mass is 231 g/mol. The summed E-state index contributed by atoms with van der Waals surface area (Å²) in [5.41, 5.74) is 5.27. The fourth-order valence-electron chi connectivity index (χ4n) is 1.92. The fourth-order valence-corrected chi connectivity index (χ4v) is 1.92. The van der Waals surface area contributed by atoms with Crippen molar-refractivity contribution in [2.75, 3.05) is 26.3 Å². The molecular formula is C13H17N3O. The van der Waals surface area contributed by atoms with Crippen molar-refractivity contribution in [3.05, 3.63) is 35.4 Å². The second-order valence-electron chi connectivity index (χ2n) is 4.19. The van der Waals surface area contributed by atoms with Gasteiger partial charge < -0.3 is 4.74 Å². The molecule has 0 aliphatic carbocycles. The molecule has 1 aromatic carbocycles. The molecule has 1 aliphatic heterocycles. The Bertz CT molecular complexity index is 407. The number of nitrogens with one attached hydrogen (secondary N) is 1. The van der Waals surface area contributed by atoms with Crippen LogP contribution in [0.4, 0.5) is 0 Å². The minimum Gasteiger partial charge on any atom is -0.379 e. The maximum absolute atomic E-state index is 8.87. The molecule has 2 rings (SSSR count). The summed E-state index contributed by atoms with van der Waals surface area (Å²) in [5.74, 6) is 0. The van der Waals surface area contributed by atoms with Crippen molar-refractivity contribution in [2.45, 2.75) is 13.0 Å². The largest absolute Gasteiger partial charge is 0.379 e. The molecule has 0 radical (unpaired) electrons. The van der Waals surface area contributed by atoms with E-state index >= 15 is 0 Å². The van der Waals surface area contributed by atoms with E-state index < -0.39 is 0 Å². The van der Waals surface area contributed by atoms with Gasteiger partial charge in [0.2, 0.25) is 0 Å². The molecule has 4 nitrogen and oxygen atoms in total. The molecule has 1 heterocycles. The van der Waals surface area contributed by atoms with Crippen molar-refractivity contribution in [1.29, 1.82) is 5.26 Å². The maximum Gasteiger partial charge on any atom is 0.0991 e. The molecule has 90 valence electrons. The lowest BCUT2D eigenvalue weighted by molar-refractivity contribution is 0.00484. The van der Waals surface area contributed by atoms with Crippen LogP contribution in [-0.2, 0) is 4.74 Å². The average molecular weight is 231 g/mol. The second kappa shape index (κ2) is 5.78. The Morgan fingerprint density at radius 1 is 1.41 bits per heavy atom. The highest BCUT2D eigenvalue weighted by molar-refractivity contribution is 5.33. The van der Waals surface area contributed by atoms with Crippen molar-refractivity contribution in [1.82, 2.24) is 10.4 Å². The first-order valence-electron chi connectivity index (χ1n) is 5.88. The molecule has 4 heteroatoms. The lowest BCUT2D eigenvalue weighted by atomic mass is 10.1. The third kappa shape index (κ3) is 3.27. The first-order chi connectivity index (χ1) is 8.29. The van der Waals surface area contributed by atoms with Gasteiger partial charge in [-0.25, -0.2) is 10.4 Å². The SMILES string of the molecule is CC(NN1CCOCC1)c1cccc(C#N)c1. The molecular weight excluding hydrogens is 214 g/mol. The lowest BCUT2D eigenvalue weighted by Crippen LogP contribution is -2.46. The maximum atomic E-state index is 8.87. The van der Waals surface area contributed by atoms with Gasteiger partial charge in [-0.2, -0.15) is 5.26 Å². The van der Waals surface area contributed by atoms with Crippen LogP contribution >= 0.6 is 0 Å². The van der Waals surface area contributed by atoms with Gasteiger partial charge in [-0.15, -0.1) is 0 Å². The zero-order valence-electron chi connectivity index (χ0n) is 10.0. The van der Waals surface area contributed by atoms with Gasteiger partial charge in [0, 0.05) is 19.1 Å². The van der Waals surface area contributed by atoms with Crippen LogP contribution in [0.2, 0.25) is 0 Å². The predicted molar refractivity (Wildman–Crippen MR) is 65.1 cm³/mol. The summed E-state index contributed by atoms with van der Waals surface area (Å²) in [6.07, 6.45) is 0. The first-order valence-corrected chi connectivity index (χ1v) is 5.88. The third-order valence-electron chi connectivity index (χ3n) is 2.90. The summed E-state index contributed by atoms with van der Waals surface area (Å²) in [6, 6.07) is 10.1. The van der Waals surface area contributed by atoms with Crippen LogP contribution in [-0.4, -0.2) is 31.3 Å². The summed E-state index contributed by atoms with van der Waals surface area (Å²) in [6.45, 7) is 5.46. The normalized spacial score (nSPS) is 18.6. The number of hydrazine groups is 1. The fraction of sp³-hybridized carbons (Fsp3) is 0.462. The summed E-state index contributed by atoms with van der Waals surface area (Å²) in [4.78, 5) is 0. The Labute approximate surface area is 102 Å². The van der Waals surface area contributed by atoms with E-state index in [0.717, 1.165) is 31.9 Å². The Balaban J connectivity index is 1.98. The highest BCUT2D eigenvalue weighted by Crippen LogP contribution is 2.14. The molecule has 1 unspecified atom stereocenters. The summed E-state index contributed by atoms with van der Waals surface area (Å²) < 4.78 is 5.30. The molecule has 0 bridgehead atoms. The Hall–Kier alpha value is -1.41. The van der Waals surface area contributed by atoms with Crippen molar-refractivity contribution >= 4 is 0 Å². The van der Waals surface area contributed by atoms with E-state index in [-0.39, 0.29) is 6.04 Å². The number of hydrogen-bond donors (Lipinski definition) is 1. The van der Waals surface area contributed by atoms with Gasteiger partial charge in [0.1, 0.15) is 0 Å². The van der Waals surface area contributed by atoms with Gasteiger partial charge in [-0.1, -0.05) is 12.1 Å². The van der Waals surface area contributed by atoms with Crippen LogP contribution in [0.3, 0.4) is 0 Å². The average Bonchev–Trinajstić information content (AvgIpc) is 2.40. The van der Waals surface area contributed by atoms with E-state index in [1.54, 1.807) is 0 Å². The summed E-state index contributed by atoms with van der Waals surface area (Å²) in [7, 11) is 0. The van der Waals surface area contributed by atoms with Crippen LogP contribution in [0.1, 0.15) is 24.1 Å². The van der Waals surface area contributed by atoms with Gasteiger partial charge in [0.05, 0.1) is 24.8 Å². The molecule has 1 saturated heterocycles. The number of rotatable bonds is 3. The van der Waals surface area contributed by atoms with Gasteiger partial charge in [0.25, 0.3) is 0 Å². The van der Waals surface area contributed by atoms with Crippen LogP contribution in [0.15, 0.2) is 24.3 Å². The Morgan fingerprint density at radius 3 is 2.88 bits per heavy atom. The van der Waals surface area contributed by atoms with Crippen LogP contribution in [0.25, 0.3) is 0 Å². The number of nitrogens with zero attached hydrogens (tertiary/aromatic N) is 2. The van der Waals surface area contributed by atoms with E-state index in [1.807, 2.05) is 24.3 Å².